The zero-order valence-corrected chi connectivity index (χ0v) is 22.8. The van der Waals surface area contributed by atoms with Gasteiger partial charge >= 0.3 is 0 Å². The third-order valence-electron chi connectivity index (χ3n) is 10.1. The highest BCUT2D eigenvalue weighted by molar-refractivity contribution is 6.28. The van der Waals surface area contributed by atoms with Crippen LogP contribution in [0.5, 0.6) is 0 Å². The molecule has 4 aliphatic heterocycles. The first-order valence-corrected chi connectivity index (χ1v) is 14.2. The van der Waals surface area contributed by atoms with Crippen LogP contribution in [0, 0.1) is 23.7 Å². The normalized spacial score (nSPS) is 31.6. The predicted octanol–water partition coefficient (Wildman–Crippen LogP) is 4.35. The fourth-order valence-electron chi connectivity index (χ4n) is 8.82. The molecule has 0 aliphatic carbocycles. The molecule has 4 amide bonds. The maximum absolute atomic E-state index is 14.7. The van der Waals surface area contributed by atoms with Crippen molar-refractivity contribution in [3.63, 3.8) is 0 Å². The van der Waals surface area contributed by atoms with Crippen LogP contribution in [0.15, 0.2) is 121 Å². The highest BCUT2D eigenvalue weighted by Crippen LogP contribution is 2.75. The maximum atomic E-state index is 14.7. The van der Waals surface area contributed by atoms with Crippen molar-refractivity contribution >= 4 is 35.0 Å². The van der Waals surface area contributed by atoms with Gasteiger partial charge < -0.3 is 0 Å². The number of carbonyl (C=O) groups is 4. The molecule has 4 aromatic rings. The molecule has 7 nitrogen and oxygen atoms in total. The predicted molar refractivity (Wildman–Crippen MR) is 156 cm³/mol. The van der Waals surface area contributed by atoms with E-state index in [9.17, 15) is 19.2 Å². The van der Waals surface area contributed by atoms with E-state index in [0.29, 0.717) is 11.4 Å². The lowest BCUT2D eigenvalue weighted by molar-refractivity contribution is -0.133. The van der Waals surface area contributed by atoms with Gasteiger partial charge in [0.2, 0.25) is 23.6 Å². The first kappa shape index (κ1) is 24.9. The molecule has 0 spiro atoms. The number of rotatable bonds is 4. The molecule has 2 unspecified atom stereocenters. The summed E-state index contributed by atoms with van der Waals surface area (Å²) in [6, 6.07) is 36.9. The second kappa shape index (κ2) is 8.57. The molecule has 4 aliphatic rings. The van der Waals surface area contributed by atoms with E-state index in [4.69, 9.17) is 0 Å². The molecule has 4 saturated heterocycles. The summed E-state index contributed by atoms with van der Waals surface area (Å²) in [4.78, 5) is 63.3. The average Bonchev–Trinajstić information content (AvgIpc) is 3.64. The number of carbonyl (C=O) groups excluding carboxylic acids is 4. The molecule has 7 heteroatoms. The van der Waals surface area contributed by atoms with Gasteiger partial charge in [0.25, 0.3) is 0 Å². The Labute approximate surface area is 243 Å². The van der Waals surface area contributed by atoms with E-state index in [1.807, 2.05) is 84.7 Å². The van der Waals surface area contributed by atoms with Gasteiger partial charge in [0, 0.05) is 0 Å². The molecule has 4 aromatic carbocycles. The largest absolute Gasteiger partial charge is 0.284 e. The number of anilines is 2. The van der Waals surface area contributed by atoms with Crippen molar-refractivity contribution in [1.29, 1.82) is 0 Å². The Hall–Kier alpha value is -4.88. The van der Waals surface area contributed by atoms with E-state index in [-0.39, 0.29) is 23.6 Å². The number of para-hydroxylation sites is 2. The Morgan fingerprint density at radius 3 is 0.976 bits per heavy atom. The van der Waals surface area contributed by atoms with Crippen molar-refractivity contribution < 1.29 is 19.2 Å². The van der Waals surface area contributed by atoms with Crippen LogP contribution in [0.2, 0.25) is 0 Å². The second-order valence-corrected chi connectivity index (χ2v) is 11.5. The fourth-order valence-corrected chi connectivity index (χ4v) is 8.82. The van der Waals surface area contributed by atoms with E-state index in [1.54, 1.807) is 48.5 Å². The Morgan fingerprint density at radius 1 is 0.429 bits per heavy atom. The smallest absolute Gasteiger partial charge is 0.240 e. The Balaban J connectivity index is 1.46. The van der Waals surface area contributed by atoms with Crippen molar-refractivity contribution in [2.24, 2.45) is 23.7 Å². The Kier molecular flexibility index (Phi) is 5.07. The molecular weight excluding hydrogens is 526 g/mol. The van der Waals surface area contributed by atoms with E-state index < -0.39 is 34.7 Å². The Morgan fingerprint density at radius 2 is 0.690 bits per heavy atom. The number of benzene rings is 4. The van der Waals surface area contributed by atoms with Crippen LogP contribution in [0.1, 0.15) is 11.1 Å². The summed E-state index contributed by atoms with van der Waals surface area (Å²) >= 11 is 0. The SMILES string of the molecule is CN1C2(c3ccccc3)[C@@H]3C(=O)N(c4ccccc4)C(=O)[C@@H]3C1(c1ccccc1)[C@@H]1C(=O)N(c3ccccc3)C(=O)[C@@H]12. The molecule has 4 fully saturated rings. The third-order valence-corrected chi connectivity index (χ3v) is 10.1. The standard InChI is InChI=1S/C35H27N3O4/c1-36-34(22-14-6-2-7-15-22)26-28(32(41)37(30(26)39)24-18-10-4-11-19-24)35(36,23-16-8-3-9-17-23)29-27(34)31(40)38(33(29)42)25-20-12-5-13-21-25/h2-21,26-29H,1H3/t26-,27+,28+,29-,34?,35?. The van der Waals surface area contributed by atoms with Gasteiger partial charge in [-0.3, -0.25) is 24.1 Å². The highest BCUT2D eigenvalue weighted by Gasteiger charge is 2.88. The molecular formula is C35H27N3O4. The zero-order valence-electron chi connectivity index (χ0n) is 22.8. The second-order valence-electron chi connectivity index (χ2n) is 11.5. The topological polar surface area (TPSA) is 78.0 Å². The summed E-state index contributed by atoms with van der Waals surface area (Å²) in [5.41, 5.74) is 0.00544. The number of hydrogen-bond acceptors (Lipinski definition) is 5. The van der Waals surface area contributed by atoms with E-state index >= 15 is 0 Å². The van der Waals surface area contributed by atoms with Gasteiger partial charge in [0.05, 0.1) is 46.1 Å². The van der Waals surface area contributed by atoms with Gasteiger partial charge in [0.15, 0.2) is 0 Å². The minimum atomic E-state index is -1.24. The lowest BCUT2D eigenvalue weighted by atomic mass is 9.55. The first-order valence-electron chi connectivity index (χ1n) is 14.2. The number of amides is 4. The van der Waals surface area contributed by atoms with Crippen molar-refractivity contribution in [1.82, 2.24) is 4.90 Å². The van der Waals surface area contributed by atoms with Gasteiger partial charge in [-0.25, -0.2) is 9.80 Å². The summed E-state index contributed by atoms with van der Waals surface area (Å²) in [6.07, 6.45) is 0. The highest BCUT2D eigenvalue weighted by atomic mass is 16.2. The van der Waals surface area contributed by atoms with Crippen LogP contribution in [0.3, 0.4) is 0 Å². The number of nitrogens with zero attached hydrogens (tertiary/aromatic N) is 3. The van der Waals surface area contributed by atoms with E-state index in [1.165, 1.54) is 9.80 Å². The minimum Gasteiger partial charge on any atom is -0.284 e. The molecule has 206 valence electrons. The number of hydrogen-bond donors (Lipinski definition) is 0. The van der Waals surface area contributed by atoms with Crippen molar-refractivity contribution in [3.8, 4) is 0 Å². The molecule has 2 bridgehead atoms. The van der Waals surface area contributed by atoms with Crippen LogP contribution in [-0.2, 0) is 30.3 Å². The monoisotopic (exact) mass is 553 g/mol. The molecule has 4 heterocycles. The van der Waals surface area contributed by atoms with Crippen LogP contribution in [0.4, 0.5) is 11.4 Å². The fraction of sp³-hybridized carbons (Fsp3) is 0.200. The molecule has 42 heavy (non-hydrogen) atoms. The first-order chi connectivity index (χ1) is 20.5. The Bertz CT molecular complexity index is 1580. The summed E-state index contributed by atoms with van der Waals surface area (Å²) < 4.78 is 0. The zero-order chi connectivity index (χ0) is 28.8. The molecule has 0 radical (unpaired) electrons. The van der Waals surface area contributed by atoms with Crippen LogP contribution >= 0.6 is 0 Å². The van der Waals surface area contributed by atoms with Gasteiger partial charge in [-0.1, -0.05) is 97.1 Å². The van der Waals surface area contributed by atoms with Gasteiger partial charge in [-0.05, 0) is 42.4 Å². The molecule has 6 atom stereocenters. The summed E-state index contributed by atoms with van der Waals surface area (Å²) in [5, 5.41) is 0. The van der Waals surface area contributed by atoms with Crippen LogP contribution in [-0.4, -0.2) is 35.6 Å². The third kappa shape index (κ3) is 2.70. The van der Waals surface area contributed by atoms with Crippen molar-refractivity contribution in [3.05, 3.63) is 132 Å². The molecule has 0 N–H and O–H groups in total. The summed E-state index contributed by atoms with van der Waals surface area (Å²) in [6.45, 7) is 0. The molecule has 0 saturated carbocycles. The quantitative estimate of drug-likeness (QED) is 0.351. The van der Waals surface area contributed by atoms with Crippen LogP contribution in [0.25, 0.3) is 0 Å². The summed E-state index contributed by atoms with van der Waals surface area (Å²) in [7, 11) is 1.89. The lowest BCUT2D eigenvalue weighted by Crippen LogP contribution is -2.53. The number of imide groups is 2. The minimum absolute atomic E-state index is 0.346. The maximum Gasteiger partial charge on any atom is 0.240 e. The van der Waals surface area contributed by atoms with Crippen molar-refractivity contribution in [2.75, 3.05) is 16.8 Å². The lowest BCUT2D eigenvalue weighted by Gasteiger charge is -2.42. The van der Waals surface area contributed by atoms with Gasteiger partial charge in [0.1, 0.15) is 0 Å². The van der Waals surface area contributed by atoms with Crippen molar-refractivity contribution in [2.45, 2.75) is 11.1 Å². The van der Waals surface area contributed by atoms with Gasteiger partial charge in [-0.2, -0.15) is 0 Å². The van der Waals surface area contributed by atoms with E-state index in [0.717, 1.165) is 11.1 Å². The van der Waals surface area contributed by atoms with Crippen LogP contribution < -0.4 is 9.80 Å². The average molecular weight is 554 g/mol. The number of fused-ring (bicyclic) bond motifs is 8. The van der Waals surface area contributed by atoms with Gasteiger partial charge in [-0.15, -0.1) is 0 Å². The molecule has 0 aromatic heterocycles. The summed E-state index contributed by atoms with van der Waals surface area (Å²) in [5.74, 6) is -4.91. The molecule has 8 rings (SSSR count). The van der Waals surface area contributed by atoms with E-state index in [2.05, 4.69) is 0 Å².